The SMILES string of the molecule is CCn1c(O)c(CS(=O)(=O)O)c(C)c(NC=O)c1=O. The lowest BCUT2D eigenvalue weighted by atomic mass is 10.1. The number of carbonyl (C=O) groups excluding carboxylic acids is 1. The van der Waals surface area contributed by atoms with Gasteiger partial charge in [0, 0.05) is 12.1 Å². The first kappa shape index (κ1) is 15.2. The van der Waals surface area contributed by atoms with Gasteiger partial charge in [-0.1, -0.05) is 0 Å². The van der Waals surface area contributed by atoms with Gasteiger partial charge in [0.2, 0.25) is 6.41 Å². The fourth-order valence-electron chi connectivity index (χ4n) is 1.75. The molecule has 1 amide bonds. The second-order valence-corrected chi connectivity index (χ2v) is 5.29. The molecule has 19 heavy (non-hydrogen) atoms. The summed E-state index contributed by atoms with van der Waals surface area (Å²) in [5.74, 6) is -1.39. The molecule has 0 unspecified atom stereocenters. The minimum Gasteiger partial charge on any atom is -0.494 e. The van der Waals surface area contributed by atoms with Crippen molar-refractivity contribution in [2.45, 2.75) is 26.1 Å². The Labute approximate surface area is 109 Å². The van der Waals surface area contributed by atoms with E-state index in [1.54, 1.807) is 6.92 Å². The van der Waals surface area contributed by atoms with Gasteiger partial charge in [-0.15, -0.1) is 0 Å². The molecule has 8 nitrogen and oxygen atoms in total. The summed E-state index contributed by atoms with van der Waals surface area (Å²) in [7, 11) is -4.38. The third-order valence-corrected chi connectivity index (χ3v) is 3.31. The highest BCUT2D eigenvalue weighted by Gasteiger charge is 2.21. The van der Waals surface area contributed by atoms with Gasteiger partial charge in [0.25, 0.3) is 15.7 Å². The van der Waals surface area contributed by atoms with Crippen LogP contribution in [-0.2, 0) is 27.2 Å². The van der Waals surface area contributed by atoms with Crippen molar-refractivity contribution in [1.29, 1.82) is 0 Å². The molecule has 1 aromatic heterocycles. The number of pyridine rings is 1. The van der Waals surface area contributed by atoms with Crippen molar-refractivity contribution in [2.24, 2.45) is 0 Å². The maximum Gasteiger partial charge on any atom is 0.277 e. The highest BCUT2D eigenvalue weighted by atomic mass is 32.2. The molecule has 3 N–H and O–H groups in total. The highest BCUT2D eigenvalue weighted by molar-refractivity contribution is 7.85. The summed E-state index contributed by atoms with van der Waals surface area (Å²) in [4.78, 5) is 22.4. The summed E-state index contributed by atoms with van der Waals surface area (Å²) in [5.41, 5.74) is -0.817. The van der Waals surface area contributed by atoms with Crippen LogP contribution in [0.25, 0.3) is 0 Å². The lowest BCUT2D eigenvalue weighted by Crippen LogP contribution is -2.26. The van der Waals surface area contributed by atoms with E-state index in [-0.39, 0.29) is 29.8 Å². The van der Waals surface area contributed by atoms with Gasteiger partial charge in [-0.05, 0) is 19.4 Å². The van der Waals surface area contributed by atoms with Crippen LogP contribution in [0.3, 0.4) is 0 Å². The molecule has 0 fully saturated rings. The molecule has 0 aromatic carbocycles. The van der Waals surface area contributed by atoms with Gasteiger partial charge < -0.3 is 10.4 Å². The first-order chi connectivity index (χ1) is 8.72. The van der Waals surface area contributed by atoms with Crippen LogP contribution in [-0.4, -0.2) is 29.1 Å². The number of carbonyl (C=O) groups is 1. The van der Waals surface area contributed by atoms with Gasteiger partial charge in [-0.3, -0.25) is 18.7 Å². The molecular formula is C10H14N2O6S. The Morgan fingerprint density at radius 2 is 2.00 bits per heavy atom. The molecule has 0 spiro atoms. The Hall–Kier alpha value is -1.87. The van der Waals surface area contributed by atoms with E-state index >= 15 is 0 Å². The topological polar surface area (TPSA) is 126 Å². The van der Waals surface area contributed by atoms with Gasteiger partial charge in [0.15, 0.2) is 5.88 Å². The van der Waals surface area contributed by atoms with Crippen molar-refractivity contribution >= 4 is 22.2 Å². The van der Waals surface area contributed by atoms with Crippen LogP contribution in [0.5, 0.6) is 5.88 Å². The maximum atomic E-state index is 11.9. The zero-order chi connectivity index (χ0) is 14.8. The lowest BCUT2D eigenvalue weighted by Gasteiger charge is -2.16. The number of amides is 1. The van der Waals surface area contributed by atoms with Gasteiger partial charge in [-0.2, -0.15) is 8.42 Å². The Morgan fingerprint density at radius 1 is 1.42 bits per heavy atom. The number of rotatable bonds is 5. The number of hydrogen-bond acceptors (Lipinski definition) is 5. The first-order valence-corrected chi connectivity index (χ1v) is 6.94. The summed E-state index contributed by atoms with van der Waals surface area (Å²) < 4.78 is 31.6. The largest absolute Gasteiger partial charge is 0.494 e. The molecule has 1 rings (SSSR count). The van der Waals surface area contributed by atoms with E-state index in [4.69, 9.17) is 4.55 Å². The van der Waals surface area contributed by atoms with Crippen molar-refractivity contribution in [3.05, 3.63) is 21.5 Å². The predicted octanol–water partition coefficient (Wildman–Crippen LogP) is -0.162. The lowest BCUT2D eigenvalue weighted by molar-refractivity contribution is -0.105. The van der Waals surface area contributed by atoms with Crippen molar-refractivity contribution < 1.29 is 22.9 Å². The number of aromatic nitrogens is 1. The molecule has 0 radical (unpaired) electrons. The highest BCUT2D eigenvalue weighted by Crippen LogP contribution is 2.25. The van der Waals surface area contributed by atoms with Gasteiger partial charge >= 0.3 is 0 Å². The molecule has 0 saturated heterocycles. The fourth-order valence-corrected chi connectivity index (χ4v) is 2.46. The van der Waals surface area contributed by atoms with Gasteiger partial charge in [0.1, 0.15) is 11.4 Å². The van der Waals surface area contributed by atoms with E-state index in [0.29, 0.717) is 0 Å². The summed E-state index contributed by atoms with van der Waals surface area (Å²) in [6, 6.07) is 0. The van der Waals surface area contributed by atoms with Crippen LogP contribution in [0.4, 0.5) is 5.69 Å². The van der Waals surface area contributed by atoms with E-state index in [1.165, 1.54) is 6.92 Å². The predicted molar refractivity (Wildman–Crippen MR) is 67.7 cm³/mol. The van der Waals surface area contributed by atoms with Crippen LogP contribution < -0.4 is 10.9 Å². The Balaban J connectivity index is 3.67. The second kappa shape index (κ2) is 5.41. The van der Waals surface area contributed by atoms with Crippen molar-refractivity contribution in [3.8, 4) is 5.88 Å². The zero-order valence-electron chi connectivity index (χ0n) is 10.4. The standard InChI is InChI=1S/C10H14N2O6S/c1-3-12-9(14)7(4-19(16,17)18)6(2)8(10(12)15)11-5-13/h5,14H,3-4H2,1-2H3,(H,11,13)(H,16,17,18). The molecule has 9 heteroatoms. The molecule has 0 saturated carbocycles. The van der Waals surface area contributed by atoms with Crippen LogP contribution in [0, 0.1) is 6.92 Å². The van der Waals surface area contributed by atoms with E-state index in [1.807, 2.05) is 0 Å². The third-order valence-electron chi connectivity index (χ3n) is 2.66. The summed E-state index contributed by atoms with van der Waals surface area (Å²) in [6.45, 7) is 3.02. The average Bonchev–Trinajstić information content (AvgIpc) is 2.30. The van der Waals surface area contributed by atoms with Crippen LogP contribution in [0.2, 0.25) is 0 Å². The minimum absolute atomic E-state index is 0.0803. The summed E-state index contributed by atoms with van der Waals surface area (Å²) >= 11 is 0. The van der Waals surface area contributed by atoms with Gasteiger partial charge in [-0.25, -0.2) is 0 Å². The number of aromatic hydroxyl groups is 1. The number of nitrogens with zero attached hydrogens (tertiary/aromatic N) is 1. The number of hydrogen-bond donors (Lipinski definition) is 3. The van der Waals surface area contributed by atoms with Crippen molar-refractivity contribution in [2.75, 3.05) is 5.32 Å². The summed E-state index contributed by atoms with van der Waals surface area (Å²) in [6.07, 6.45) is 0.276. The van der Waals surface area contributed by atoms with Crippen LogP contribution >= 0.6 is 0 Å². The van der Waals surface area contributed by atoms with Crippen LogP contribution in [0.15, 0.2) is 4.79 Å². The monoisotopic (exact) mass is 290 g/mol. The minimum atomic E-state index is -4.38. The Bertz CT molecular complexity index is 662. The fraction of sp³-hybridized carbons (Fsp3) is 0.400. The maximum absolute atomic E-state index is 11.9. The molecule has 0 aliphatic heterocycles. The molecule has 1 aromatic rings. The van der Waals surface area contributed by atoms with E-state index in [0.717, 1.165) is 4.57 Å². The third kappa shape index (κ3) is 3.12. The average molecular weight is 290 g/mol. The molecule has 0 bridgehead atoms. The quantitative estimate of drug-likeness (QED) is 0.511. The molecule has 106 valence electrons. The first-order valence-electron chi connectivity index (χ1n) is 5.33. The number of anilines is 1. The molecule has 0 atom stereocenters. The van der Waals surface area contributed by atoms with E-state index in [9.17, 15) is 23.1 Å². The molecular weight excluding hydrogens is 276 g/mol. The Kier molecular flexibility index (Phi) is 4.32. The Morgan fingerprint density at radius 3 is 2.42 bits per heavy atom. The normalized spacial score (nSPS) is 11.3. The molecule has 0 aliphatic rings. The number of nitrogens with one attached hydrogen (secondary N) is 1. The van der Waals surface area contributed by atoms with Crippen molar-refractivity contribution in [1.82, 2.24) is 4.57 Å². The van der Waals surface area contributed by atoms with Crippen molar-refractivity contribution in [3.63, 3.8) is 0 Å². The van der Waals surface area contributed by atoms with E-state index < -0.39 is 27.3 Å². The van der Waals surface area contributed by atoms with E-state index in [2.05, 4.69) is 5.32 Å². The zero-order valence-corrected chi connectivity index (χ0v) is 11.2. The molecule has 1 heterocycles. The molecule has 0 aliphatic carbocycles. The smallest absolute Gasteiger partial charge is 0.277 e. The van der Waals surface area contributed by atoms with Gasteiger partial charge in [0.05, 0.1) is 0 Å². The second-order valence-electron chi connectivity index (χ2n) is 3.84. The van der Waals surface area contributed by atoms with Crippen LogP contribution in [0.1, 0.15) is 18.1 Å². The summed E-state index contributed by atoms with van der Waals surface area (Å²) in [5, 5.41) is 12.0.